The molecule has 0 aromatic heterocycles. The van der Waals surface area contributed by atoms with Crippen LogP contribution < -0.4 is 11.1 Å². The van der Waals surface area contributed by atoms with E-state index in [9.17, 15) is 4.79 Å². The van der Waals surface area contributed by atoms with Gasteiger partial charge in [0.2, 0.25) is 0 Å². The lowest BCUT2D eigenvalue weighted by molar-refractivity contribution is 0.0939. The van der Waals surface area contributed by atoms with Gasteiger partial charge in [0.05, 0.1) is 0 Å². The molecule has 4 heteroatoms. The van der Waals surface area contributed by atoms with Gasteiger partial charge in [-0.25, -0.2) is 0 Å². The number of carbonyl (C=O) groups excluding carboxylic acids is 1. The third kappa shape index (κ3) is 4.91. The lowest BCUT2D eigenvalue weighted by Gasteiger charge is -2.30. The Morgan fingerprint density at radius 3 is 2.42 bits per heavy atom. The number of rotatable bonds is 6. The number of carbonyl (C=O) groups is 1. The van der Waals surface area contributed by atoms with E-state index in [2.05, 4.69) is 37.9 Å². The highest BCUT2D eigenvalue weighted by molar-refractivity contribution is 5.94. The van der Waals surface area contributed by atoms with Gasteiger partial charge in [-0.1, -0.05) is 6.07 Å². The van der Waals surface area contributed by atoms with E-state index < -0.39 is 0 Å². The van der Waals surface area contributed by atoms with Gasteiger partial charge in [0.1, 0.15) is 0 Å². The summed E-state index contributed by atoms with van der Waals surface area (Å²) >= 11 is 0. The lowest BCUT2D eigenvalue weighted by Crippen LogP contribution is -2.42. The Morgan fingerprint density at radius 1 is 1.26 bits per heavy atom. The van der Waals surface area contributed by atoms with Crippen molar-refractivity contribution < 1.29 is 4.79 Å². The number of hydrogen-bond donors (Lipinski definition) is 2. The van der Waals surface area contributed by atoms with Crippen molar-refractivity contribution in [3.05, 3.63) is 29.8 Å². The molecule has 1 rings (SSSR count). The van der Waals surface area contributed by atoms with E-state index in [1.165, 1.54) is 0 Å². The number of anilines is 1. The van der Waals surface area contributed by atoms with Crippen molar-refractivity contribution in [2.45, 2.75) is 39.8 Å². The highest BCUT2D eigenvalue weighted by atomic mass is 16.1. The summed E-state index contributed by atoms with van der Waals surface area (Å²) in [6.45, 7) is 10.2. The van der Waals surface area contributed by atoms with Crippen molar-refractivity contribution in [2.24, 2.45) is 0 Å². The smallest absolute Gasteiger partial charge is 0.251 e. The summed E-state index contributed by atoms with van der Waals surface area (Å²) in [4.78, 5) is 14.3. The van der Waals surface area contributed by atoms with E-state index in [-0.39, 0.29) is 5.91 Å². The molecule has 1 aromatic carbocycles. The molecule has 3 N–H and O–H groups in total. The quantitative estimate of drug-likeness (QED) is 0.773. The number of nitrogens with one attached hydrogen (secondary N) is 1. The average molecular weight is 263 g/mol. The molecule has 106 valence electrons. The molecule has 0 heterocycles. The molecule has 0 aliphatic rings. The summed E-state index contributed by atoms with van der Waals surface area (Å²) in [5.41, 5.74) is 6.89. The molecule has 1 amide bonds. The summed E-state index contributed by atoms with van der Waals surface area (Å²) < 4.78 is 0. The third-order valence-electron chi connectivity index (χ3n) is 3.13. The van der Waals surface area contributed by atoms with Crippen LogP contribution in [0.15, 0.2) is 24.3 Å². The van der Waals surface area contributed by atoms with Gasteiger partial charge in [-0.2, -0.15) is 0 Å². The summed E-state index contributed by atoms with van der Waals surface area (Å²) in [7, 11) is 0. The molecule has 0 bridgehead atoms. The molecule has 0 atom stereocenters. The van der Waals surface area contributed by atoms with E-state index in [0.29, 0.717) is 29.9 Å². The summed E-state index contributed by atoms with van der Waals surface area (Å²) in [5.74, 6) is -0.0697. The molecule has 19 heavy (non-hydrogen) atoms. The van der Waals surface area contributed by atoms with E-state index in [4.69, 9.17) is 5.73 Å². The fourth-order valence-electron chi connectivity index (χ4n) is 2.19. The predicted octanol–water partition coefficient (Wildman–Crippen LogP) is 2.12. The minimum absolute atomic E-state index is 0.0697. The van der Waals surface area contributed by atoms with Gasteiger partial charge >= 0.3 is 0 Å². The Bertz CT molecular complexity index is 408. The van der Waals surface area contributed by atoms with Crippen LogP contribution in [0.2, 0.25) is 0 Å². The van der Waals surface area contributed by atoms with Crippen LogP contribution in [0.5, 0.6) is 0 Å². The summed E-state index contributed by atoms with van der Waals surface area (Å²) in [5, 5.41) is 2.93. The molecular formula is C15H25N3O. The molecule has 4 nitrogen and oxygen atoms in total. The fourth-order valence-corrected chi connectivity index (χ4v) is 2.19. The highest BCUT2D eigenvalue weighted by Gasteiger charge is 2.13. The van der Waals surface area contributed by atoms with Crippen LogP contribution in [0, 0.1) is 0 Å². The van der Waals surface area contributed by atoms with Gasteiger partial charge in [-0.15, -0.1) is 0 Å². The van der Waals surface area contributed by atoms with Crippen LogP contribution in [0.3, 0.4) is 0 Å². The second-order valence-corrected chi connectivity index (χ2v) is 5.31. The van der Waals surface area contributed by atoms with E-state index in [1.54, 1.807) is 24.3 Å². The first kappa shape index (κ1) is 15.5. The van der Waals surface area contributed by atoms with Crippen LogP contribution in [-0.4, -0.2) is 36.0 Å². The van der Waals surface area contributed by atoms with Gasteiger partial charge in [-0.3, -0.25) is 9.69 Å². The molecule has 1 aromatic rings. The van der Waals surface area contributed by atoms with Crippen molar-refractivity contribution in [1.82, 2.24) is 10.2 Å². The van der Waals surface area contributed by atoms with Crippen molar-refractivity contribution in [3.63, 3.8) is 0 Å². The minimum atomic E-state index is -0.0697. The molecule has 0 saturated carbocycles. The number of nitrogens with two attached hydrogens (primary N) is 1. The van der Waals surface area contributed by atoms with Crippen LogP contribution >= 0.6 is 0 Å². The van der Waals surface area contributed by atoms with Crippen molar-refractivity contribution in [1.29, 1.82) is 0 Å². The number of nitrogen functional groups attached to an aromatic ring is 1. The highest BCUT2D eigenvalue weighted by Crippen LogP contribution is 2.06. The maximum Gasteiger partial charge on any atom is 0.251 e. The Labute approximate surface area is 116 Å². The van der Waals surface area contributed by atoms with Gasteiger partial charge in [0.25, 0.3) is 5.91 Å². The maximum absolute atomic E-state index is 11.9. The van der Waals surface area contributed by atoms with Crippen molar-refractivity contribution in [2.75, 3.05) is 18.8 Å². The SMILES string of the molecule is CC(C)N(CCNC(=O)c1cccc(N)c1)C(C)C. The molecule has 0 saturated heterocycles. The first-order valence-corrected chi connectivity index (χ1v) is 6.81. The molecular weight excluding hydrogens is 238 g/mol. The molecule has 0 radical (unpaired) electrons. The summed E-state index contributed by atoms with van der Waals surface area (Å²) in [6, 6.07) is 7.98. The lowest BCUT2D eigenvalue weighted by atomic mass is 10.2. The number of benzene rings is 1. The van der Waals surface area contributed by atoms with Crippen molar-refractivity contribution in [3.8, 4) is 0 Å². The van der Waals surface area contributed by atoms with Crippen LogP contribution in [0.25, 0.3) is 0 Å². The normalized spacial score (nSPS) is 11.3. The average Bonchev–Trinajstić information content (AvgIpc) is 2.33. The largest absolute Gasteiger partial charge is 0.399 e. The topological polar surface area (TPSA) is 58.4 Å². The van der Waals surface area contributed by atoms with Crippen LogP contribution in [-0.2, 0) is 0 Å². The van der Waals surface area contributed by atoms with E-state index in [1.807, 2.05) is 0 Å². The fraction of sp³-hybridized carbons (Fsp3) is 0.533. The minimum Gasteiger partial charge on any atom is -0.399 e. The van der Waals surface area contributed by atoms with Crippen molar-refractivity contribution >= 4 is 11.6 Å². The van der Waals surface area contributed by atoms with E-state index >= 15 is 0 Å². The Balaban J connectivity index is 2.47. The number of nitrogens with zero attached hydrogens (tertiary/aromatic N) is 1. The monoisotopic (exact) mass is 263 g/mol. The molecule has 0 unspecified atom stereocenters. The molecule has 0 aliphatic carbocycles. The second kappa shape index (κ2) is 7.14. The Hall–Kier alpha value is -1.55. The van der Waals surface area contributed by atoms with Crippen LogP contribution in [0.1, 0.15) is 38.1 Å². The zero-order valence-electron chi connectivity index (χ0n) is 12.3. The standard InChI is InChI=1S/C15H25N3O/c1-11(2)18(12(3)4)9-8-17-15(19)13-6-5-7-14(16)10-13/h5-7,10-12H,8-9,16H2,1-4H3,(H,17,19). The Kier molecular flexibility index (Phi) is 5.83. The maximum atomic E-state index is 11.9. The first-order chi connectivity index (χ1) is 8.91. The third-order valence-corrected chi connectivity index (χ3v) is 3.13. The van der Waals surface area contributed by atoms with E-state index in [0.717, 1.165) is 6.54 Å². The zero-order chi connectivity index (χ0) is 14.4. The molecule has 0 spiro atoms. The number of hydrogen-bond acceptors (Lipinski definition) is 3. The summed E-state index contributed by atoms with van der Waals surface area (Å²) in [6.07, 6.45) is 0. The second-order valence-electron chi connectivity index (χ2n) is 5.31. The number of amides is 1. The zero-order valence-corrected chi connectivity index (χ0v) is 12.3. The first-order valence-electron chi connectivity index (χ1n) is 6.81. The predicted molar refractivity (Wildman–Crippen MR) is 80.2 cm³/mol. The van der Waals surface area contributed by atoms with Crippen LogP contribution in [0.4, 0.5) is 5.69 Å². The molecule has 0 aliphatic heterocycles. The van der Waals surface area contributed by atoms with Gasteiger partial charge in [-0.05, 0) is 45.9 Å². The van der Waals surface area contributed by atoms with Gasteiger partial charge < -0.3 is 11.1 Å². The Morgan fingerprint density at radius 2 is 1.89 bits per heavy atom. The van der Waals surface area contributed by atoms with Gasteiger partial charge in [0.15, 0.2) is 0 Å². The van der Waals surface area contributed by atoms with Gasteiger partial charge in [0, 0.05) is 36.4 Å². The molecule has 0 fully saturated rings.